The summed E-state index contributed by atoms with van der Waals surface area (Å²) in [6, 6.07) is 0.612. The number of carbonyl (C=O) groups excluding carboxylic acids is 1. The molecule has 1 aromatic rings. The number of anilines is 2. The van der Waals surface area contributed by atoms with Crippen LogP contribution >= 0.6 is 0 Å². The highest BCUT2D eigenvalue weighted by Crippen LogP contribution is 2.37. The smallest absolute Gasteiger partial charge is 0.394 e. The Kier molecular flexibility index (Phi) is 4.81. The molecule has 1 saturated heterocycles. The van der Waals surface area contributed by atoms with Crippen molar-refractivity contribution in [2.24, 2.45) is 11.8 Å². The molecule has 0 spiro atoms. The summed E-state index contributed by atoms with van der Waals surface area (Å²) in [6.07, 6.45) is -3.49. The lowest BCUT2D eigenvalue weighted by molar-refractivity contribution is -0.187. The van der Waals surface area contributed by atoms with Crippen molar-refractivity contribution in [1.29, 1.82) is 0 Å². The minimum atomic E-state index is -4.69. The SMILES string of the molecule is CN(C)c1cc(NC(=O)N2C[C@@H](C(F)(F)F)[C@H](C(=O)O)C2)ncn1. The Morgan fingerprint density at radius 1 is 1.33 bits per heavy atom. The predicted molar refractivity (Wildman–Crippen MR) is 77.6 cm³/mol. The second-order valence-electron chi connectivity index (χ2n) is 5.58. The normalized spacial score (nSPS) is 20.8. The maximum atomic E-state index is 12.9. The number of nitrogens with zero attached hydrogens (tertiary/aromatic N) is 4. The van der Waals surface area contributed by atoms with Gasteiger partial charge in [-0.1, -0.05) is 0 Å². The number of urea groups is 1. The maximum Gasteiger partial charge on any atom is 0.394 e. The summed E-state index contributed by atoms with van der Waals surface area (Å²) in [5.41, 5.74) is 0. The number of carboxylic acids is 1. The molecule has 0 radical (unpaired) electrons. The molecule has 2 amide bonds. The van der Waals surface area contributed by atoms with Gasteiger partial charge in [0.05, 0.1) is 11.8 Å². The van der Waals surface area contributed by atoms with Crippen molar-refractivity contribution < 1.29 is 27.9 Å². The van der Waals surface area contributed by atoms with E-state index in [9.17, 15) is 22.8 Å². The van der Waals surface area contributed by atoms with E-state index >= 15 is 0 Å². The van der Waals surface area contributed by atoms with E-state index < -0.39 is 43.1 Å². The van der Waals surface area contributed by atoms with E-state index in [-0.39, 0.29) is 5.82 Å². The number of aromatic nitrogens is 2. The van der Waals surface area contributed by atoms with Crippen LogP contribution in [0.5, 0.6) is 0 Å². The Balaban J connectivity index is 2.11. The molecule has 8 nitrogen and oxygen atoms in total. The number of hydrogen-bond acceptors (Lipinski definition) is 5. The molecule has 0 aromatic carbocycles. The molecule has 0 saturated carbocycles. The first-order chi connectivity index (χ1) is 11.1. The minimum absolute atomic E-state index is 0.112. The van der Waals surface area contributed by atoms with E-state index in [1.807, 2.05) is 0 Å². The summed E-state index contributed by atoms with van der Waals surface area (Å²) in [5, 5.41) is 11.3. The molecule has 0 unspecified atom stereocenters. The van der Waals surface area contributed by atoms with Gasteiger partial charge < -0.3 is 14.9 Å². The first-order valence-electron chi connectivity index (χ1n) is 6.94. The number of likely N-dealkylation sites (tertiary alicyclic amines) is 1. The first kappa shape index (κ1) is 17.8. The molecule has 1 aliphatic heterocycles. The van der Waals surface area contributed by atoms with Gasteiger partial charge in [0.1, 0.15) is 18.0 Å². The van der Waals surface area contributed by atoms with E-state index in [4.69, 9.17) is 5.11 Å². The third-order valence-electron chi connectivity index (χ3n) is 3.69. The fraction of sp³-hybridized carbons (Fsp3) is 0.538. The first-order valence-corrected chi connectivity index (χ1v) is 6.94. The van der Waals surface area contributed by atoms with Crippen molar-refractivity contribution in [3.63, 3.8) is 0 Å². The quantitative estimate of drug-likeness (QED) is 0.854. The molecule has 11 heteroatoms. The van der Waals surface area contributed by atoms with Crippen LogP contribution in [0.1, 0.15) is 0 Å². The van der Waals surface area contributed by atoms with Crippen LogP contribution in [-0.4, -0.2) is 65.3 Å². The average molecular weight is 347 g/mol. The molecule has 132 valence electrons. The number of carbonyl (C=O) groups is 2. The van der Waals surface area contributed by atoms with E-state index in [0.29, 0.717) is 5.82 Å². The fourth-order valence-electron chi connectivity index (χ4n) is 2.40. The van der Waals surface area contributed by atoms with Crippen LogP contribution in [0.3, 0.4) is 0 Å². The molecule has 0 bridgehead atoms. The molecule has 24 heavy (non-hydrogen) atoms. The number of rotatable bonds is 3. The van der Waals surface area contributed by atoms with E-state index in [2.05, 4.69) is 15.3 Å². The van der Waals surface area contributed by atoms with Crippen molar-refractivity contribution in [2.75, 3.05) is 37.4 Å². The maximum absolute atomic E-state index is 12.9. The van der Waals surface area contributed by atoms with Crippen molar-refractivity contribution in [3.05, 3.63) is 12.4 Å². The van der Waals surface area contributed by atoms with E-state index in [1.54, 1.807) is 19.0 Å². The molecular weight excluding hydrogens is 331 g/mol. The summed E-state index contributed by atoms with van der Waals surface area (Å²) >= 11 is 0. The van der Waals surface area contributed by atoms with Gasteiger partial charge in [0, 0.05) is 33.3 Å². The van der Waals surface area contributed by atoms with Crippen LogP contribution in [-0.2, 0) is 4.79 Å². The lowest BCUT2D eigenvalue weighted by atomic mass is 9.96. The minimum Gasteiger partial charge on any atom is -0.481 e. The second-order valence-corrected chi connectivity index (χ2v) is 5.58. The van der Waals surface area contributed by atoms with Crippen LogP contribution in [0.15, 0.2) is 12.4 Å². The van der Waals surface area contributed by atoms with Crippen LogP contribution in [0, 0.1) is 11.8 Å². The predicted octanol–water partition coefficient (Wildman–Crippen LogP) is 1.27. The topological polar surface area (TPSA) is 98.7 Å². The highest BCUT2D eigenvalue weighted by atomic mass is 19.4. The Hall–Kier alpha value is -2.59. The van der Waals surface area contributed by atoms with Crippen LogP contribution < -0.4 is 10.2 Å². The molecule has 2 rings (SSSR count). The van der Waals surface area contributed by atoms with Crippen molar-refractivity contribution in [2.45, 2.75) is 6.18 Å². The van der Waals surface area contributed by atoms with Crippen LogP contribution in [0.2, 0.25) is 0 Å². The standard InChI is InChI=1S/C13H16F3N5O3/c1-20(2)10-3-9(17-6-18-10)19-12(24)21-4-7(11(22)23)8(5-21)13(14,15)16/h3,6-8H,4-5H2,1-2H3,(H,22,23)(H,17,18,19,24)/t7-,8-/m1/s1. The lowest BCUT2D eigenvalue weighted by Crippen LogP contribution is -2.35. The molecule has 1 fully saturated rings. The Morgan fingerprint density at radius 3 is 2.50 bits per heavy atom. The van der Waals surface area contributed by atoms with Crippen LogP contribution in [0.25, 0.3) is 0 Å². The number of aliphatic carboxylic acids is 1. The van der Waals surface area contributed by atoms with Gasteiger partial charge in [-0.15, -0.1) is 0 Å². The third-order valence-corrected chi connectivity index (χ3v) is 3.69. The number of hydrogen-bond donors (Lipinski definition) is 2. The van der Waals surface area contributed by atoms with E-state index in [0.717, 1.165) is 4.90 Å². The van der Waals surface area contributed by atoms with Crippen LogP contribution in [0.4, 0.5) is 29.6 Å². The van der Waals surface area contributed by atoms with E-state index in [1.165, 1.54) is 12.4 Å². The van der Waals surface area contributed by atoms with Gasteiger partial charge in [0.25, 0.3) is 0 Å². The van der Waals surface area contributed by atoms with Gasteiger partial charge in [0.2, 0.25) is 0 Å². The molecular formula is C13H16F3N5O3. The zero-order chi connectivity index (χ0) is 18.1. The summed E-state index contributed by atoms with van der Waals surface area (Å²) in [7, 11) is 3.44. The van der Waals surface area contributed by atoms with Crippen molar-refractivity contribution in [3.8, 4) is 0 Å². The molecule has 1 aromatic heterocycles. The average Bonchev–Trinajstić information content (AvgIpc) is 2.93. The summed E-state index contributed by atoms with van der Waals surface area (Å²) in [6.45, 7) is -1.23. The van der Waals surface area contributed by atoms with Gasteiger partial charge >= 0.3 is 18.2 Å². The third kappa shape index (κ3) is 3.84. The summed E-state index contributed by atoms with van der Waals surface area (Å²) in [4.78, 5) is 33.4. The van der Waals surface area contributed by atoms with Gasteiger partial charge in [-0.25, -0.2) is 14.8 Å². The van der Waals surface area contributed by atoms with Gasteiger partial charge in [-0.2, -0.15) is 13.2 Å². The van der Waals surface area contributed by atoms with Crippen molar-refractivity contribution >= 4 is 23.6 Å². The molecule has 2 N–H and O–H groups in total. The van der Waals surface area contributed by atoms with Crippen molar-refractivity contribution in [1.82, 2.24) is 14.9 Å². The Labute approximate surface area is 135 Å². The largest absolute Gasteiger partial charge is 0.481 e. The Morgan fingerprint density at radius 2 is 2.00 bits per heavy atom. The van der Waals surface area contributed by atoms with Gasteiger partial charge in [0.15, 0.2) is 0 Å². The zero-order valence-electron chi connectivity index (χ0n) is 12.9. The lowest BCUT2D eigenvalue weighted by Gasteiger charge is -2.19. The fourth-order valence-corrected chi connectivity index (χ4v) is 2.40. The molecule has 0 aliphatic carbocycles. The molecule has 1 aliphatic rings. The Bertz CT molecular complexity index is 638. The molecule has 2 heterocycles. The summed E-state index contributed by atoms with van der Waals surface area (Å²) < 4.78 is 38.8. The number of alkyl halides is 3. The summed E-state index contributed by atoms with van der Waals surface area (Å²) in [5.74, 6) is -4.74. The zero-order valence-corrected chi connectivity index (χ0v) is 12.9. The highest BCUT2D eigenvalue weighted by molar-refractivity contribution is 5.89. The highest BCUT2D eigenvalue weighted by Gasteiger charge is 2.53. The van der Waals surface area contributed by atoms with Gasteiger partial charge in [-0.3, -0.25) is 10.1 Å². The number of amides is 2. The number of nitrogens with one attached hydrogen (secondary N) is 1. The molecule has 2 atom stereocenters. The number of carboxylic acid groups (broad SMARTS) is 1. The second kappa shape index (κ2) is 6.49. The van der Waals surface area contributed by atoms with Gasteiger partial charge in [-0.05, 0) is 0 Å². The monoisotopic (exact) mass is 347 g/mol. The number of halogens is 3.